The normalized spacial score (nSPS) is 11.4. The predicted molar refractivity (Wildman–Crippen MR) is 90.5 cm³/mol. The molecule has 0 amide bonds. The van der Waals surface area contributed by atoms with Gasteiger partial charge in [0.2, 0.25) is 0 Å². The third-order valence-electron chi connectivity index (χ3n) is 3.10. The minimum atomic E-state index is -3.75. The lowest BCUT2D eigenvalue weighted by Gasteiger charge is -2.09. The van der Waals surface area contributed by atoms with Gasteiger partial charge in [-0.2, -0.15) is 0 Å². The van der Waals surface area contributed by atoms with Gasteiger partial charge in [0.05, 0.1) is 23.8 Å². The molecule has 2 aromatic rings. The molecule has 0 atom stereocenters. The first-order valence-corrected chi connectivity index (χ1v) is 8.41. The maximum atomic E-state index is 12.2. The number of carbonyl (C=O) groups excluding carboxylic acids is 1. The fourth-order valence-electron chi connectivity index (χ4n) is 1.89. The van der Waals surface area contributed by atoms with E-state index in [0.717, 1.165) is 16.5 Å². The largest absolute Gasteiger partial charge is 0.465 e. The summed E-state index contributed by atoms with van der Waals surface area (Å²) in [6.07, 6.45) is 1.49. The summed E-state index contributed by atoms with van der Waals surface area (Å²) in [5.41, 5.74) is 2.19. The maximum absolute atomic E-state index is 12.2. The number of methoxy groups -OCH3 is 1. The Kier molecular flexibility index (Phi) is 5.18. The fourth-order valence-corrected chi connectivity index (χ4v) is 2.78. The third kappa shape index (κ3) is 4.69. The van der Waals surface area contributed by atoms with Crippen LogP contribution in [-0.2, 0) is 14.8 Å². The number of ether oxygens (including phenoxy) is 1. The van der Waals surface area contributed by atoms with Crippen LogP contribution < -0.4 is 4.72 Å². The van der Waals surface area contributed by atoms with Crippen molar-refractivity contribution in [3.8, 4) is 0 Å². The average molecular weight is 331 g/mol. The van der Waals surface area contributed by atoms with Gasteiger partial charge in [-0.1, -0.05) is 42.0 Å². The number of carbonyl (C=O) groups is 1. The molecule has 6 heteroatoms. The van der Waals surface area contributed by atoms with Crippen LogP contribution in [0.2, 0.25) is 0 Å². The van der Waals surface area contributed by atoms with Crippen LogP contribution in [0.15, 0.2) is 53.9 Å². The van der Waals surface area contributed by atoms with Crippen LogP contribution in [0.4, 0.5) is 5.69 Å². The van der Waals surface area contributed by atoms with E-state index in [2.05, 4.69) is 9.46 Å². The second kappa shape index (κ2) is 7.11. The molecule has 0 fully saturated rings. The van der Waals surface area contributed by atoms with Gasteiger partial charge in [-0.25, -0.2) is 13.2 Å². The van der Waals surface area contributed by atoms with Crippen LogP contribution in [0, 0.1) is 6.92 Å². The zero-order valence-electron chi connectivity index (χ0n) is 12.8. The molecule has 0 bridgehead atoms. The topological polar surface area (TPSA) is 72.5 Å². The van der Waals surface area contributed by atoms with E-state index in [0.29, 0.717) is 0 Å². The quantitative estimate of drug-likeness (QED) is 0.854. The second-order valence-electron chi connectivity index (χ2n) is 4.90. The van der Waals surface area contributed by atoms with Crippen molar-refractivity contribution in [2.45, 2.75) is 6.92 Å². The molecule has 2 aromatic carbocycles. The summed E-state index contributed by atoms with van der Waals surface area (Å²) < 4.78 is 31.3. The van der Waals surface area contributed by atoms with E-state index in [1.54, 1.807) is 12.1 Å². The molecular formula is C17H17NO4S. The number of aryl methyl sites for hydroxylation is 1. The van der Waals surface area contributed by atoms with E-state index in [1.165, 1.54) is 25.3 Å². The molecule has 0 saturated carbocycles. The van der Waals surface area contributed by atoms with Crippen molar-refractivity contribution < 1.29 is 17.9 Å². The zero-order valence-corrected chi connectivity index (χ0v) is 13.6. The van der Waals surface area contributed by atoms with Gasteiger partial charge in [0.15, 0.2) is 0 Å². The van der Waals surface area contributed by atoms with Gasteiger partial charge < -0.3 is 4.74 Å². The van der Waals surface area contributed by atoms with Crippen LogP contribution in [0.5, 0.6) is 0 Å². The van der Waals surface area contributed by atoms with Crippen molar-refractivity contribution >= 4 is 27.8 Å². The van der Waals surface area contributed by atoms with E-state index in [-0.39, 0.29) is 11.3 Å². The monoisotopic (exact) mass is 331 g/mol. The van der Waals surface area contributed by atoms with E-state index >= 15 is 0 Å². The van der Waals surface area contributed by atoms with Crippen molar-refractivity contribution in [1.82, 2.24) is 0 Å². The van der Waals surface area contributed by atoms with Gasteiger partial charge in [0.1, 0.15) is 0 Å². The molecule has 120 valence electrons. The van der Waals surface area contributed by atoms with E-state index in [9.17, 15) is 13.2 Å². The highest BCUT2D eigenvalue weighted by Gasteiger charge is 2.14. The van der Waals surface area contributed by atoms with Crippen molar-refractivity contribution in [1.29, 1.82) is 0 Å². The molecule has 0 aliphatic rings. The average Bonchev–Trinajstić information content (AvgIpc) is 2.54. The molecule has 0 aromatic heterocycles. The number of hydrogen-bond acceptors (Lipinski definition) is 4. The number of nitrogens with one attached hydrogen (secondary N) is 1. The van der Waals surface area contributed by atoms with Gasteiger partial charge in [-0.15, -0.1) is 0 Å². The number of rotatable bonds is 5. The summed E-state index contributed by atoms with van der Waals surface area (Å²) in [5.74, 6) is -0.606. The molecular weight excluding hydrogens is 314 g/mol. The summed E-state index contributed by atoms with van der Waals surface area (Å²) in [5, 5.41) is 1.06. The first-order valence-electron chi connectivity index (χ1n) is 6.86. The first-order chi connectivity index (χ1) is 10.9. The summed E-state index contributed by atoms with van der Waals surface area (Å²) in [4.78, 5) is 11.7. The van der Waals surface area contributed by atoms with Crippen molar-refractivity contribution in [2.75, 3.05) is 11.8 Å². The lowest BCUT2D eigenvalue weighted by molar-refractivity contribution is 0.0602. The Hall–Kier alpha value is -2.60. The standard InChI is InChI=1S/C17H17NO4S/c1-13-7-9-14(10-8-13)11-12-23(20,21)18-16-6-4-3-5-15(16)17(19)22-2/h3-12,18H,1-2H3. The summed E-state index contributed by atoms with van der Waals surface area (Å²) in [7, 11) is -2.50. The van der Waals surface area contributed by atoms with E-state index < -0.39 is 16.0 Å². The molecule has 0 spiro atoms. The lowest BCUT2D eigenvalue weighted by Crippen LogP contribution is -2.13. The number of hydrogen-bond donors (Lipinski definition) is 1. The van der Waals surface area contributed by atoms with Crippen molar-refractivity contribution in [2.24, 2.45) is 0 Å². The minimum absolute atomic E-state index is 0.155. The molecule has 0 aliphatic carbocycles. The van der Waals surface area contributed by atoms with Crippen LogP contribution in [0.25, 0.3) is 6.08 Å². The SMILES string of the molecule is COC(=O)c1ccccc1NS(=O)(=O)C=Cc1ccc(C)cc1. The van der Waals surface area contributed by atoms with Gasteiger partial charge >= 0.3 is 5.97 Å². The third-order valence-corrected chi connectivity index (χ3v) is 4.10. The highest BCUT2D eigenvalue weighted by atomic mass is 32.2. The van der Waals surface area contributed by atoms with E-state index in [1.807, 2.05) is 31.2 Å². The van der Waals surface area contributed by atoms with Gasteiger partial charge in [-0.05, 0) is 30.7 Å². The number of esters is 1. The smallest absolute Gasteiger partial charge is 0.339 e. The Balaban J connectivity index is 2.22. The van der Waals surface area contributed by atoms with Crippen molar-refractivity contribution in [3.63, 3.8) is 0 Å². The molecule has 2 rings (SSSR count). The van der Waals surface area contributed by atoms with Gasteiger partial charge in [0.25, 0.3) is 10.0 Å². The van der Waals surface area contributed by atoms with Gasteiger partial charge in [-0.3, -0.25) is 4.72 Å². The number of benzene rings is 2. The Labute approximate surface area is 135 Å². The van der Waals surface area contributed by atoms with Gasteiger partial charge in [0, 0.05) is 0 Å². The number of para-hydroxylation sites is 1. The van der Waals surface area contributed by atoms with Crippen molar-refractivity contribution in [3.05, 3.63) is 70.6 Å². The van der Waals surface area contributed by atoms with Crippen LogP contribution in [-0.4, -0.2) is 21.5 Å². The Morgan fingerprint density at radius 1 is 1.09 bits per heavy atom. The molecule has 0 unspecified atom stereocenters. The zero-order chi connectivity index (χ0) is 16.9. The fraction of sp³-hybridized carbons (Fsp3) is 0.118. The molecule has 1 N–H and O–H groups in total. The summed E-state index contributed by atoms with van der Waals surface area (Å²) in [6, 6.07) is 13.7. The Morgan fingerprint density at radius 3 is 2.39 bits per heavy atom. The Bertz CT molecular complexity index is 824. The molecule has 23 heavy (non-hydrogen) atoms. The number of sulfonamides is 1. The number of anilines is 1. The lowest BCUT2D eigenvalue weighted by atomic mass is 10.2. The molecule has 0 saturated heterocycles. The highest BCUT2D eigenvalue weighted by molar-refractivity contribution is 7.95. The van der Waals surface area contributed by atoms with Crippen LogP contribution >= 0.6 is 0 Å². The van der Waals surface area contributed by atoms with Crippen LogP contribution in [0.1, 0.15) is 21.5 Å². The minimum Gasteiger partial charge on any atom is -0.465 e. The predicted octanol–water partition coefficient (Wildman–Crippen LogP) is 3.19. The first kappa shape index (κ1) is 16.8. The highest BCUT2D eigenvalue weighted by Crippen LogP contribution is 2.18. The maximum Gasteiger partial charge on any atom is 0.339 e. The second-order valence-corrected chi connectivity index (χ2v) is 6.46. The Morgan fingerprint density at radius 2 is 1.74 bits per heavy atom. The molecule has 5 nitrogen and oxygen atoms in total. The summed E-state index contributed by atoms with van der Waals surface area (Å²) >= 11 is 0. The van der Waals surface area contributed by atoms with Crippen LogP contribution in [0.3, 0.4) is 0 Å². The molecule has 0 radical (unpaired) electrons. The molecule has 0 heterocycles. The molecule has 0 aliphatic heterocycles. The summed E-state index contributed by atoms with van der Waals surface area (Å²) in [6.45, 7) is 1.95. The van der Waals surface area contributed by atoms with E-state index in [4.69, 9.17) is 0 Å².